The molecule has 1 heterocycles. The minimum Gasteiger partial charge on any atom is -0.352 e. The summed E-state index contributed by atoms with van der Waals surface area (Å²) in [6.07, 6.45) is 0. The van der Waals surface area contributed by atoms with E-state index in [1.807, 2.05) is 0 Å². The maximum absolute atomic E-state index is 11.8. The molecule has 0 unspecified atom stereocenters. The first-order valence-electron chi connectivity index (χ1n) is 6.02. The molecule has 1 aromatic rings. The number of carbonyl (C=O) groups excluding carboxylic acids is 2. The van der Waals surface area contributed by atoms with Gasteiger partial charge in [0.1, 0.15) is 0 Å². The van der Waals surface area contributed by atoms with Gasteiger partial charge in [0.25, 0.3) is 5.91 Å². The first kappa shape index (κ1) is 12.6. The van der Waals surface area contributed by atoms with E-state index in [4.69, 9.17) is 0 Å². The number of hydrogen-bond donors (Lipinski definition) is 3. The highest BCUT2D eigenvalue weighted by molar-refractivity contribution is 5.95. The summed E-state index contributed by atoms with van der Waals surface area (Å²) in [5.41, 5.74) is 1.30. The molecule has 2 amide bonds. The molecule has 0 atom stereocenters. The van der Waals surface area contributed by atoms with Crippen molar-refractivity contribution in [3.05, 3.63) is 29.8 Å². The van der Waals surface area contributed by atoms with E-state index in [9.17, 15) is 9.59 Å². The zero-order chi connectivity index (χ0) is 13.0. The highest BCUT2D eigenvalue weighted by atomic mass is 16.2. The van der Waals surface area contributed by atoms with Crippen molar-refractivity contribution in [2.24, 2.45) is 5.92 Å². The summed E-state index contributed by atoms with van der Waals surface area (Å²) in [7, 11) is 0. The van der Waals surface area contributed by atoms with Gasteiger partial charge in [-0.1, -0.05) is 0 Å². The predicted molar refractivity (Wildman–Crippen MR) is 69.4 cm³/mol. The van der Waals surface area contributed by atoms with Crippen LogP contribution in [-0.2, 0) is 4.79 Å². The Morgan fingerprint density at radius 2 is 1.94 bits per heavy atom. The lowest BCUT2D eigenvalue weighted by molar-refractivity contribution is -0.114. The molecule has 0 aromatic heterocycles. The van der Waals surface area contributed by atoms with Gasteiger partial charge in [-0.15, -0.1) is 0 Å². The third-order valence-electron chi connectivity index (χ3n) is 2.88. The van der Waals surface area contributed by atoms with Gasteiger partial charge in [0.15, 0.2) is 0 Å². The van der Waals surface area contributed by atoms with Gasteiger partial charge in [0.05, 0.1) is 0 Å². The van der Waals surface area contributed by atoms with Crippen LogP contribution in [0.5, 0.6) is 0 Å². The van der Waals surface area contributed by atoms with Gasteiger partial charge in [-0.2, -0.15) is 0 Å². The maximum Gasteiger partial charge on any atom is 0.251 e. The van der Waals surface area contributed by atoms with E-state index in [1.54, 1.807) is 24.3 Å². The lowest BCUT2D eigenvalue weighted by Crippen LogP contribution is -2.48. The monoisotopic (exact) mass is 247 g/mol. The third kappa shape index (κ3) is 3.30. The Hall–Kier alpha value is -1.88. The van der Waals surface area contributed by atoms with Crippen LogP contribution >= 0.6 is 0 Å². The molecular formula is C13H17N3O2. The molecule has 0 aliphatic carbocycles. The molecule has 0 radical (unpaired) electrons. The second kappa shape index (κ2) is 5.64. The number of hydrogen-bond acceptors (Lipinski definition) is 3. The number of anilines is 1. The summed E-state index contributed by atoms with van der Waals surface area (Å²) in [5.74, 6) is 0.355. The summed E-state index contributed by atoms with van der Waals surface area (Å²) in [4.78, 5) is 22.7. The van der Waals surface area contributed by atoms with Crippen molar-refractivity contribution in [1.82, 2.24) is 10.6 Å². The first-order valence-corrected chi connectivity index (χ1v) is 6.02. The van der Waals surface area contributed by atoms with Crippen LogP contribution in [0.3, 0.4) is 0 Å². The average molecular weight is 247 g/mol. The Labute approximate surface area is 106 Å². The van der Waals surface area contributed by atoms with Crippen molar-refractivity contribution in [1.29, 1.82) is 0 Å². The largest absolute Gasteiger partial charge is 0.352 e. The van der Waals surface area contributed by atoms with Crippen molar-refractivity contribution in [2.45, 2.75) is 6.92 Å². The summed E-state index contributed by atoms with van der Waals surface area (Å²) >= 11 is 0. The molecule has 18 heavy (non-hydrogen) atoms. The Morgan fingerprint density at radius 1 is 1.28 bits per heavy atom. The second-order valence-corrected chi connectivity index (χ2v) is 4.49. The van der Waals surface area contributed by atoms with Crippen LogP contribution in [0.1, 0.15) is 17.3 Å². The Kier molecular flexibility index (Phi) is 3.94. The maximum atomic E-state index is 11.8. The molecule has 5 nitrogen and oxygen atoms in total. The van der Waals surface area contributed by atoms with Gasteiger partial charge in [-0.25, -0.2) is 0 Å². The van der Waals surface area contributed by atoms with Gasteiger partial charge in [0.2, 0.25) is 5.91 Å². The zero-order valence-corrected chi connectivity index (χ0v) is 10.3. The van der Waals surface area contributed by atoms with Gasteiger partial charge in [-0.05, 0) is 24.3 Å². The van der Waals surface area contributed by atoms with E-state index in [1.165, 1.54) is 6.92 Å². The van der Waals surface area contributed by atoms with Crippen LogP contribution in [-0.4, -0.2) is 31.4 Å². The van der Waals surface area contributed by atoms with Gasteiger partial charge in [0, 0.05) is 43.7 Å². The molecule has 0 saturated carbocycles. The molecule has 0 bridgehead atoms. The zero-order valence-electron chi connectivity index (χ0n) is 10.3. The predicted octanol–water partition coefficient (Wildman–Crippen LogP) is 0.594. The molecule has 1 aromatic carbocycles. The Bertz CT molecular complexity index is 438. The smallest absolute Gasteiger partial charge is 0.251 e. The van der Waals surface area contributed by atoms with Crippen molar-refractivity contribution < 1.29 is 9.59 Å². The van der Waals surface area contributed by atoms with Gasteiger partial charge in [-0.3, -0.25) is 9.59 Å². The van der Waals surface area contributed by atoms with Crippen LogP contribution in [0.25, 0.3) is 0 Å². The summed E-state index contributed by atoms with van der Waals surface area (Å²) in [5, 5.41) is 8.71. The molecule has 3 N–H and O–H groups in total. The molecular weight excluding hydrogens is 230 g/mol. The van der Waals surface area contributed by atoms with Gasteiger partial charge >= 0.3 is 0 Å². The first-order chi connectivity index (χ1) is 8.65. The molecule has 1 aliphatic heterocycles. The van der Waals surface area contributed by atoms with E-state index in [0.717, 1.165) is 13.1 Å². The van der Waals surface area contributed by atoms with Crippen molar-refractivity contribution in [2.75, 3.05) is 25.0 Å². The van der Waals surface area contributed by atoms with Crippen LogP contribution in [0.2, 0.25) is 0 Å². The van der Waals surface area contributed by atoms with E-state index in [2.05, 4.69) is 16.0 Å². The van der Waals surface area contributed by atoms with Crippen molar-refractivity contribution in [3.63, 3.8) is 0 Å². The topological polar surface area (TPSA) is 70.2 Å². The molecule has 0 spiro atoms. The second-order valence-electron chi connectivity index (χ2n) is 4.49. The van der Waals surface area contributed by atoms with E-state index in [0.29, 0.717) is 23.7 Å². The number of rotatable bonds is 4. The van der Waals surface area contributed by atoms with Gasteiger partial charge < -0.3 is 16.0 Å². The SMILES string of the molecule is CC(=O)Nc1ccc(C(=O)NCC2CNC2)cc1. The quantitative estimate of drug-likeness (QED) is 0.729. The number of amides is 2. The lowest BCUT2D eigenvalue weighted by Gasteiger charge is -2.27. The van der Waals surface area contributed by atoms with Crippen LogP contribution < -0.4 is 16.0 Å². The molecule has 5 heteroatoms. The standard InChI is InChI=1S/C13H17N3O2/c1-9(17)16-12-4-2-11(3-5-12)13(18)15-8-10-6-14-7-10/h2-5,10,14H,6-8H2,1H3,(H,15,18)(H,16,17). The summed E-state index contributed by atoms with van der Waals surface area (Å²) in [6.45, 7) is 4.11. The summed E-state index contributed by atoms with van der Waals surface area (Å²) < 4.78 is 0. The van der Waals surface area contributed by atoms with Crippen LogP contribution in [0, 0.1) is 5.92 Å². The Morgan fingerprint density at radius 3 is 2.44 bits per heavy atom. The molecule has 1 saturated heterocycles. The van der Waals surface area contributed by atoms with E-state index < -0.39 is 0 Å². The normalized spacial score (nSPS) is 14.7. The highest BCUT2D eigenvalue weighted by Crippen LogP contribution is 2.09. The molecule has 2 rings (SSSR count). The molecule has 1 aliphatic rings. The Balaban J connectivity index is 1.87. The van der Waals surface area contributed by atoms with E-state index in [-0.39, 0.29) is 11.8 Å². The molecule has 1 fully saturated rings. The van der Waals surface area contributed by atoms with Crippen molar-refractivity contribution in [3.8, 4) is 0 Å². The fraction of sp³-hybridized carbons (Fsp3) is 0.385. The fourth-order valence-corrected chi connectivity index (χ4v) is 1.74. The van der Waals surface area contributed by atoms with E-state index >= 15 is 0 Å². The number of carbonyl (C=O) groups is 2. The number of benzene rings is 1. The highest BCUT2D eigenvalue weighted by Gasteiger charge is 2.17. The fourth-order valence-electron chi connectivity index (χ4n) is 1.74. The van der Waals surface area contributed by atoms with Crippen LogP contribution in [0.4, 0.5) is 5.69 Å². The minimum absolute atomic E-state index is 0.0729. The summed E-state index contributed by atoms with van der Waals surface area (Å²) in [6, 6.07) is 6.86. The van der Waals surface area contributed by atoms with Crippen LogP contribution in [0.15, 0.2) is 24.3 Å². The average Bonchev–Trinajstić information content (AvgIpc) is 2.27. The lowest BCUT2D eigenvalue weighted by atomic mass is 10.0. The number of nitrogens with one attached hydrogen (secondary N) is 3. The third-order valence-corrected chi connectivity index (χ3v) is 2.88. The molecule has 96 valence electrons. The van der Waals surface area contributed by atoms with Crippen molar-refractivity contribution >= 4 is 17.5 Å². The minimum atomic E-state index is -0.121.